The third-order valence-corrected chi connectivity index (χ3v) is 3.57. The van der Waals surface area contributed by atoms with Gasteiger partial charge in [-0.2, -0.15) is 0 Å². The number of aromatic amines is 1. The van der Waals surface area contributed by atoms with Gasteiger partial charge in [-0.25, -0.2) is 4.39 Å². The molecule has 5 heteroatoms. The van der Waals surface area contributed by atoms with Crippen molar-refractivity contribution in [2.24, 2.45) is 0 Å². The summed E-state index contributed by atoms with van der Waals surface area (Å²) in [6.45, 7) is 5.62. The van der Waals surface area contributed by atoms with E-state index in [4.69, 9.17) is 23.2 Å². The number of benzene rings is 1. The molecule has 0 fully saturated rings. The van der Waals surface area contributed by atoms with Crippen LogP contribution < -0.4 is 5.43 Å². The fourth-order valence-corrected chi connectivity index (χ4v) is 2.73. The molecule has 0 aliphatic heterocycles. The topological polar surface area (TPSA) is 32.9 Å². The molecule has 0 aliphatic rings. The summed E-state index contributed by atoms with van der Waals surface area (Å²) < 4.78 is 13.7. The number of rotatable bonds is 1. The summed E-state index contributed by atoms with van der Waals surface area (Å²) >= 11 is 11.6. The third-order valence-electron chi connectivity index (χ3n) is 2.94. The molecular formula is C13H12Cl2FNO. The summed E-state index contributed by atoms with van der Waals surface area (Å²) in [5.41, 5.74) is 1.59. The lowest BCUT2D eigenvalue weighted by Gasteiger charge is -2.12. The highest BCUT2D eigenvalue weighted by molar-refractivity contribution is 6.38. The normalized spacial score (nSPS) is 11.5. The first kappa shape index (κ1) is 13.4. The van der Waals surface area contributed by atoms with Crippen molar-refractivity contribution in [1.82, 2.24) is 4.98 Å². The first-order valence-corrected chi connectivity index (χ1v) is 6.30. The molecule has 0 atom stereocenters. The van der Waals surface area contributed by atoms with Crippen LogP contribution >= 0.6 is 23.2 Å². The lowest BCUT2D eigenvalue weighted by atomic mass is 9.99. The van der Waals surface area contributed by atoms with E-state index in [0.29, 0.717) is 11.1 Å². The lowest BCUT2D eigenvalue weighted by Crippen LogP contribution is -2.15. The Labute approximate surface area is 114 Å². The fourth-order valence-electron chi connectivity index (χ4n) is 2.19. The van der Waals surface area contributed by atoms with Crippen LogP contribution in [-0.4, -0.2) is 4.98 Å². The predicted octanol–water partition coefficient (Wildman–Crippen LogP) is 4.41. The van der Waals surface area contributed by atoms with Crippen LogP contribution in [0.15, 0.2) is 10.9 Å². The van der Waals surface area contributed by atoms with Crippen LogP contribution in [0.25, 0.3) is 10.9 Å². The number of hydrogen-bond acceptors (Lipinski definition) is 1. The van der Waals surface area contributed by atoms with Crippen LogP contribution in [-0.2, 0) is 0 Å². The minimum atomic E-state index is -0.755. The molecule has 2 nitrogen and oxygen atoms in total. The molecule has 1 aromatic heterocycles. The van der Waals surface area contributed by atoms with Gasteiger partial charge in [-0.05, 0) is 18.9 Å². The molecule has 1 heterocycles. The number of nitrogens with one attached hydrogen (secondary N) is 1. The summed E-state index contributed by atoms with van der Waals surface area (Å²) in [5.74, 6) is -0.720. The van der Waals surface area contributed by atoms with Crippen LogP contribution in [0.5, 0.6) is 0 Å². The largest absolute Gasteiger partial charge is 0.358 e. The second kappa shape index (κ2) is 4.56. The van der Waals surface area contributed by atoms with Crippen LogP contribution in [0.1, 0.15) is 31.0 Å². The summed E-state index contributed by atoms with van der Waals surface area (Å²) in [6, 6.07) is 1.39. The van der Waals surface area contributed by atoms with Gasteiger partial charge in [-0.3, -0.25) is 4.79 Å². The van der Waals surface area contributed by atoms with Crippen LogP contribution in [0.4, 0.5) is 4.39 Å². The first-order valence-electron chi connectivity index (χ1n) is 5.54. The minimum Gasteiger partial charge on any atom is -0.358 e. The van der Waals surface area contributed by atoms with Crippen molar-refractivity contribution in [2.75, 3.05) is 0 Å². The Morgan fingerprint density at radius 1 is 1.33 bits per heavy atom. The second-order valence-corrected chi connectivity index (χ2v) is 5.34. The standard InChI is InChI=1S/C13H12Cl2FNO/c1-5(2)9-6(3)17-8-4-7(14)12(16)11(15)10(8)13(9)18/h4-5H,1-3H3,(H,17,18). The van der Waals surface area contributed by atoms with Crippen molar-refractivity contribution in [3.63, 3.8) is 0 Å². The van der Waals surface area contributed by atoms with E-state index in [1.807, 2.05) is 13.8 Å². The Balaban J connectivity index is 3.03. The summed E-state index contributed by atoms with van der Waals surface area (Å²) in [5, 5.41) is -0.159. The molecule has 0 saturated heterocycles. The van der Waals surface area contributed by atoms with E-state index in [2.05, 4.69) is 4.98 Å². The van der Waals surface area contributed by atoms with E-state index in [1.54, 1.807) is 6.92 Å². The predicted molar refractivity (Wildman–Crippen MR) is 73.4 cm³/mol. The molecule has 18 heavy (non-hydrogen) atoms. The molecule has 0 saturated carbocycles. The zero-order valence-corrected chi connectivity index (χ0v) is 11.7. The van der Waals surface area contributed by atoms with Gasteiger partial charge in [0.25, 0.3) is 0 Å². The molecule has 0 radical (unpaired) electrons. The van der Waals surface area contributed by atoms with Crippen molar-refractivity contribution >= 4 is 34.1 Å². The molecule has 0 aliphatic carbocycles. The van der Waals surface area contributed by atoms with E-state index in [1.165, 1.54) is 6.07 Å². The highest BCUT2D eigenvalue weighted by Gasteiger charge is 2.18. The minimum absolute atomic E-state index is 0.0351. The van der Waals surface area contributed by atoms with Gasteiger partial charge in [0.2, 0.25) is 0 Å². The van der Waals surface area contributed by atoms with Crippen LogP contribution in [0.3, 0.4) is 0 Å². The third kappa shape index (κ3) is 1.91. The molecule has 0 amide bonds. The SMILES string of the molecule is Cc1[nH]c2cc(Cl)c(F)c(Cl)c2c(=O)c1C(C)C. The molecule has 1 aromatic carbocycles. The average Bonchev–Trinajstić information content (AvgIpc) is 2.24. The molecule has 2 aromatic rings. The highest BCUT2D eigenvalue weighted by atomic mass is 35.5. The maximum atomic E-state index is 13.7. The van der Waals surface area contributed by atoms with Gasteiger partial charge in [-0.15, -0.1) is 0 Å². The Bertz CT molecular complexity index is 692. The van der Waals surface area contributed by atoms with Gasteiger partial charge in [0.05, 0.1) is 20.9 Å². The van der Waals surface area contributed by atoms with Gasteiger partial charge in [-0.1, -0.05) is 37.0 Å². The van der Waals surface area contributed by atoms with E-state index >= 15 is 0 Å². The number of fused-ring (bicyclic) bond motifs is 1. The van der Waals surface area contributed by atoms with Crippen molar-refractivity contribution < 1.29 is 4.39 Å². The Kier molecular flexibility index (Phi) is 3.39. The fraction of sp³-hybridized carbons (Fsp3) is 0.308. The van der Waals surface area contributed by atoms with Gasteiger partial charge >= 0.3 is 0 Å². The van der Waals surface area contributed by atoms with Gasteiger partial charge < -0.3 is 4.98 Å². The number of hydrogen-bond donors (Lipinski definition) is 1. The summed E-state index contributed by atoms with van der Waals surface area (Å²) in [7, 11) is 0. The summed E-state index contributed by atoms with van der Waals surface area (Å²) in [4.78, 5) is 15.4. The highest BCUT2D eigenvalue weighted by Crippen LogP contribution is 2.30. The molecular weight excluding hydrogens is 276 g/mol. The Morgan fingerprint density at radius 3 is 2.50 bits per heavy atom. The molecule has 1 N–H and O–H groups in total. The van der Waals surface area contributed by atoms with Crippen LogP contribution in [0.2, 0.25) is 10.0 Å². The van der Waals surface area contributed by atoms with E-state index in [9.17, 15) is 9.18 Å². The van der Waals surface area contributed by atoms with Crippen molar-refractivity contribution in [3.05, 3.63) is 43.4 Å². The van der Waals surface area contributed by atoms with E-state index in [0.717, 1.165) is 5.69 Å². The number of H-pyrrole nitrogens is 1. The lowest BCUT2D eigenvalue weighted by molar-refractivity contribution is 0.630. The number of halogens is 3. The molecule has 0 unspecified atom stereocenters. The molecule has 0 bridgehead atoms. The monoisotopic (exact) mass is 287 g/mol. The smallest absolute Gasteiger partial charge is 0.194 e. The van der Waals surface area contributed by atoms with E-state index in [-0.39, 0.29) is 26.8 Å². The van der Waals surface area contributed by atoms with Gasteiger partial charge in [0.1, 0.15) is 0 Å². The molecule has 0 spiro atoms. The first-order chi connectivity index (χ1) is 8.34. The maximum absolute atomic E-state index is 13.7. The number of aromatic nitrogens is 1. The van der Waals surface area contributed by atoms with Gasteiger partial charge in [0, 0.05) is 11.3 Å². The number of aryl methyl sites for hydroxylation is 1. The van der Waals surface area contributed by atoms with Crippen molar-refractivity contribution in [1.29, 1.82) is 0 Å². The van der Waals surface area contributed by atoms with E-state index < -0.39 is 5.82 Å². The quantitative estimate of drug-likeness (QED) is 0.775. The average molecular weight is 288 g/mol. The van der Waals surface area contributed by atoms with Crippen LogP contribution in [0, 0.1) is 12.7 Å². The zero-order chi connectivity index (χ0) is 13.6. The Morgan fingerprint density at radius 2 is 1.94 bits per heavy atom. The second-order valence-electron chi connectivity index (χ2n) is 4.56. The van der Waals surface area contributed by atoms with Crippen molar-refractivity contribution in [2.45, 2.75) is 26.7 Å². The zero-order valence-electron chi connectivity index (χ0n) is 10.2. The summed E-state index contributed by atoms with van der Waals surface area (Å²) in [6.07, 6.45) is 0. The molecule has 96 valence electrons. The maximum Gasteiger partial charge on any atom is 0.194 e. The van der Waals surface area contributed by atoms with Gasteiger partial charge in [0.15, 0.2) is 11.2 Å². The Hall–Kier alpha value is -1.06. The van der Waals surface area contributed by atoms with Crippen molar-refractivity contribution in [3.8, 4) is 0 Å². The number of pyridine rings is 1. The molecule has 2 rings (SSSR count).